The van der Waals surface area contributed by atoms with E-state index in [4.69, 9.17) is 9.63 Å². The van der Waals surface area contributed by atoms with Crippen LogP contribution in [0.3, 0.4) is 0 Å². The number of nitrogens with one attached hydrogen (secondary N) is 1. The molecule has 1 fully saturated rings. The van der Waals surface area contributed by atoms with E-state index in [2.05, 4.69) is 10.5 Å². The first-order chi connectivity index (χ1) is 9.99. The highest BCUT2D eigenvalue weighted by Crippen LogP contribution is 2.29. The highest BCUT2D eigenvalue weighted by Gasteiger charge is 2.30. The van der Waals surface area contributed by atoms with Gasteiger partial charge in [0.15, 0.2) is 0 Å². The second-order valence-electron chi connectivity index (χ2n) is 5.74. The SMILES string of the molecule is Cc1noc(C)c1CCNC(=O)C1CCCC(C(=O)O)C1. The number of carboxylic acid groups (broad SMARTS) is 1. The highest BCUT2D eigenvalue weighted by atomic mass is 16.5. The van der Waals surface area contributed by atoms with Gasteiger partial charge in [-0.25, -0.2) is 0 Å². The van der Waals surface area contributed by atoms with Crippen molar-refractivity contribution in [1.82, 2.24) is 10.5 Å². The van der Waals surface area contributed by atoms with Crippen LogP contribution in [0.2, 0.25) is 0 Å². The zero-order valence-corrected chi connectivity index (χ0v) is 12.5. The van der Waals surface area contributed by atoms with Crippen molar-refractivity contribution in [2.45, 2.75) is 46.0 Å². The van der Waals surface area contributed by atoms with Gasteiger partial charge in [-0.1, -0.05) is 11.6 Å². The number of carbonyl (C=O) groups is 2. The number of nitrogens with zero attached hydrogens (tertiary/aromatic N) is 1. The van der Waals surface area contributed by atoms with E-state index in [1.54, 1.807) is 0 Å². The molecule has 1 amide bonds. The topological polar surface area (TPSA) is 92.4 Å². The van der Waals surface area contributed by atoms with Crippen molar-refractivity contribution in [3.63, 3.8) is 0 Å². The molecule has 1 saturated carbocycles. The zero-order valence-electron chi connectivity index (χ0n) is 12.5. The van der Waals surface area contributed by atoms with E-state index >= 15 is 0 Å². The third-order valence-corrected chi connectivity index (χ3v) is 4.25. The maximum atomic E-state index is 12.1. The standard InChI is InChI=1S/C15H22N2O4/c1-9-13(10(2)21-17-9)6-7-16-14(18)11-4-3-5-12(8-11)15(19)20/h11-12H,3-8H2,1-2H3,(H,16,18)(H,19,20). The first-order valence-corrected chi connectivity index (χ1v) is 7.41. The Morgan fingerprint density at radius 3 is 2.67 bits per heavy atom. The van der Waals surface area contributed by atoms with Gasteiger partial charge in [0.25, 0.3) is 0 Å². The van der Waals surface area contributed by atoms with Crippen LogP contribution in [0.15, 0.2) is 4.52 Å². The quantitative estimate of drug-likeness (QED) is 0.864. The van der Waals surface area contributed by atoms with Crippen LogP contribution in [0.1, 0.15) is 42.7 Å². The number of rotatable bonds is 5. The van der Waals surface area contributed by atoms with Gasteiger partial charge in [0.05, 0.1) is 11.6 Å². The molecular weight excluding hydrogens is 272 g/mol. The van der Waals surface area contributed by atoms with Crippen LogP contribution < -0.4 is 5.32 Å². The first kappa shape index (κ1) is 15.5. The summed E-state index contributed by atoms with van der Waals surface area (Å²) < 4.78 is 5.08. The zero-order chi connectivity index (χ0) is 15.4. The molecule has 1 aromatic rings. The van der Waals surface area contributed by atoms with E-state index in [1.165, 1.54) is 0 Å². The van der Waals surface area contributed by atoms with Crippen molar-refractivity contribution in [2.24, 2.45) is 11.8 Å². The molecule has 2 unspecified atom stereocenters. The van der Waals surface area contributed by atoms with Crippen molar-refractivity contribution >= 4 is 11.9 Å². The molecule has 2 N–H and O–H groups in total. The Morgan fingerprint density at radius 1 is 1.33 bits per heavy atom. The van der Waals surface area contributed by atoms with Crippen LogP contribution in [0.25, 0.3) is 0 Å². The van der Waals surface area contributed by atoms with Crippen molar-refractivity contribution in [3.8, 4) is 0 Å². The van der Waals surface area contributed by atoms with Crippen LogP contribution >= 0.6 is 0 Å². The molecule has 0 radical (unpaired) electrons. The number of carboxylic acids is 1. The van der Waals surface area contributed by atoms with E-state index < -0.39 is 5.97 Å². The predicted molar refractivity (Wildman–Crippen MR) is 75.8 cm³/mol. The van der Waals surface area contributed by atoms with Gasteiger partial charge >= 0.3 is 5.97 Å². The van der Waals surface area contributed by atoms with Crippen LogP contribution in [0.4, 0.5) is 0 Å². The van der Waals surface area contributed by atoms with Gasteiger partial charge in [-0.15, -0.1) is 0 Å². The fourth-order valence-electron chi connectivity index (χ4n) is 2.97. The molecule has 0 aliphatic heterocycles. The minimum absolute atomic E-state index is 0.0345. The number of carbonyl (C=O) groups excluding carboxylic acids is 1. The van der Waals surface area contributed by atoms with E-state index in [1.807, 2.05) is 13.8 Å². The molecule has 0 bridgehead atoms. The van der Waals surface area contributed by atoms with Gasteiger partial charge in [-0.05, 0) is 39.5 Å². The smallest absolute Gasteiger partial charge is 0.306 e. The van der Waals surface area contributed by atoms with Gasteiger partial charge in [0.1, 0.15) is 5.76 Å². The van der Waals surface area contributed by atoms with Crippen LogP contribution in [-0.4, -0.2) is 28.7 Å². The summed E-state index contributed by atoms with van der Waals surface area (Å²) in [5.74, 6) is -0.595. The monoisotopic (exact) mass is 294 g/mol. The minimum Gasteiger partial charge on any atom is -0.481 e. The Bertz CT molecular complexity index is 504. The number of aliphatic carboxylic acids is 1. The van der Waals surface area contributed by atoms with Gasteiger partial charge in [0, 0.05) is 18.0 Å². The van der Waals surface area contributed by atoms with Crippen LogP contribution in [0.5, 0.6) is 0 Å². The molecule has 2 rings (SSSR count). The Labute approximate surface area is 123 Å². The largest absolute Gasteiger partial charge is 0.481 e. The third-order valence-electron chi connectivity index (χ3n) is 4.25. The molecule has 1 aromatic heterocycles. The molecule has 21 heavy (non-hydrogen) atoms. The summed E-state index contributed by atoms with van der Waals surface area (Å²) in [4.78, 5) is 23.1. The average molecular weight is 294 g/mol. The third kappa shape index (κ3) is 3.83. The number of hydrogen-bond acceptors (Lipinski definition) is 4. The van der Waals surface area contributed by atoms with Crippen molar-refractivity contribution in [1.29, 1.82) is 0 Å². The van der Waals surface area contributed by atoms with Gasteiger partial charge in [0.2, 0.25) is 5.91 Å². The maximum Gasteiger partial charge on any atom is 0.306 e. The number of aryl methyl sites for hydroxylation is 2. The van der Waals surface area contributed by atoms with Gasteiger partial charge in [-0.3, -0.25) is 9.59 Å². The lowest BCUT2D eigenvalue weighted by molar-refractivity contribution is -0.144. The number of hydrogen-bond donors (Lipinski definition) is 2. The van der Waals surface area contributed by atoms with Gasteiger partial charge in [-0.2, -0.15) is 0 Å². The van der Waals surface area contributed by atoms with Crippen LogP contribution in [0, 0.1) is 25.7 Å². The molecule has 6 heteroatoms. The predicted octanol–water partition coefficient (Wildman–Crippen LogP) is 1.84. The number of aromatic nitrogens is 1. The normalized spacial score (nSPS) is 22.0. The molecule has 6 nitrogen and oxygen atoms in total. The summed E-state index contributed by atoms with van der Waals surface area (Å²) in [5, 5.41) is 15.8. The van der Waals surface area contributed by atoms with Crippen molar-refractivity contribution in [2.75, 3.05) is 6.54 Å². The van der Waals surface area contributed by atoms with Gasteiger partial charge < -0.3 is 14.9 Å². The van der Waals surface area contributed by atoms with E-state index in [9.17, 15) is 9.59 Å². The summed E-state index contributed by atoms with van der Waals surface area (Å²) in [6.45, 7) is 4.26. The summed E-state index contributed by atoms with van der Waals surface area (Å²) in [7, 11) is 0. The summed E-state index contributed by atoms with van der Waals surface area (Å²) in [6, 6.07) is 0. The molecule has 1 aliphatic rings. The summed E-state index contributed by atoms with van der Waals surface area (Å²) in [6.07, 6.45) is 3.40. The van der Waals surface area contributed by atoms with E-state index in [0.29, 0.717) is 25.8 Å². The second kappa shape index (κ2) is 6.74. The summed E-state index contributed by atoms with van der Waals surface area (Å²) >= 11 is 0. The highest BCUT2D eigenvalue weighted by molar-refractivity contribution is 5.80. The fourth-order valence-corrected chi connectivity index (χ4v) is 2.97. The molecule has 2 atom stereocenters. The summed E-state index contributed by atoms with van der Waals surface area (Å²) in [5.41, 5.74) is 1.88. The maximum absolute atomic E-state index is 12.1. The lowest BCUT2D eigenvalue weighted by Crippen LogP contribution is -2.36. The Balaban J connectivity index is 1.80. The molecule has 1 aliphatic carbocycles. The molecule has 0 saturated heterocycles. The fraction of sp³-hybridized carbons (Fsp3) is 0.667. The molecule has 1 heterocycles. The second-order valence-corrected chi connectivity index (χ2v) is 5.74. The minimum atomic E-state index is -0.789. The Hall–Kier alpha value is -1.85. The molecule has 0 aromatic carbocycles. The molecular formula is C15H22N2O4. The van der Waals surface area contributed by atoms with Crippen LogP contribution in [-0.2, 0) is 16.0 Å². The first-order valence-electron chi connectivity index (χ1n) is 7.41. The van der Waals surface area contributed by atoms with Crippen molar-refractivity contribution < 1.29 is 19.2 Å². The van der Waals surface area contributed by atoms with E-state index in [-0.39, 0.29) is 17.7 Å². The number of amides is 1. The lowest BCUT2D eigenvalue weighted by Gasteiger charge is -2.25. The lowest BCUT2D eigenvalue weighted by atomic mass is 9.81. The van der Waals surface area contributed by atoms with E-state index in [0.717, 1.165) is 29.9 Å². The Morgan fingerprint density at radius 2 is 2.05 bits per heavy atom. The van der Waals surface area contributed by atoms with Crippen molar-refractivity contribution in [3.05, 3.63) is 17.0 Å². The molecule has 0 spiro atoms. The molecule has 116 valence electrons. The average Bonchev–Trinajstić information content (AvgIpc) is 2.79. The Kier molecular flexibility index (Phi) is 4.98.